The largest absolute Gasteiger partial charge is 0.353 e. The number of hydrogen-bond acceptors (Lipinski definition) is 9. The highest BCUT2D eigenvalue weighted by Crippen LogP contribution is 2.41. The first-order valence-corrected chi connectivity index (χ1v) is 13.9. The van der Waals surface area contributed by atoms with Crippen molar-refractivity contribution >= 4 is 91.0 Å². The van der Waals surface area contributed by atoms with Gasteiger partial charge in [0.2, 0.25) is 0 Å². The van der Waals surface area contributed by atoms with Gasteiger partial charge in [0.1, 0.15) is 23.7 Å². The second-order valence-corrected chi connectivity index (χ2v) is 10.9. The summed E-state index contributed by atoms with van der Waals surface area (Å²) in [6.45, 7) is 0. The van der Waals surface area contributed by atoms with Gasteiger partial charge < -0.3 is 4.98 Å². The monoisotopic (exact) mass is 678 g/mol. The number of carbonyl (C=O) groups excluding carboxylic acids is 4. The fourth-order valence-electron chi connectivity index (χ4n) is 2.58. The molecular formula is C24H16Br2N4O4S3. The average Bonchev–Trinajstić information content (AvgIpc) is 3.29. The van der Waals surface area contributed by atoms with Gasteiger partial charge in [-0.3, -0.25) is 24.5 Å². The maximum atomic E-state index is 12.0. The summed E-state index contributed by atoms with van der Waals surface area (Å²) >= 11 is 13.1. The van der Waals surface area contributed by atoms with E-state index in [-0.39, 0.29) is 27.0 Å². The number of carbonyl (C=O) groups is 4. The number of hydrogen-bond donors (Lipinski definition) is 2. The lowest BCUT2D eigenvalue weighted by atomic mass is 10.3. The molecule has 3 aromatic heterocycles. The van der Waals surface area contributed by atoms with E-state index in [1.807, 2.05) is 60.8 Å². The number of nitrogens with zero attached hydrogens (tertiary/aromatic N) is 2. The predicted octanol–water partition coefficient (Wildman–Crippen LogP) is 5.50. The molecular weight excluding hydrogens is 664 g/mol. The van der Waals surface area contributed by atoms with Crippen LogP contribution in [0.1, 0.15) is 6.42 Å². The Bertz CT molecular complexity index is 1340. The summed E-state index contributed by atoms with van der Waals surface area (Å²) in [4.78, 5) is 57.3. The summed E-state index contributed by atoms with van der Waals surface area (Å²) in [6.07, 6.45) is 5.07. The number of ketones is 2. The van der Waals surface area contributed by atoms with Crippen molar-refractivity contribution in [3.05, 3.63) is 96.6 Å². The first-order chi connectivity index (χ1) is 17.8. The molecule has 2 aliphatic rings. The highest BCUT2D eigenvalue weighted by atomic mass is 79.9. The normalized spacial score (nSPS) is 14.6. The Morgan fingerprint density at radius 3 is 1.51 bits per heavy atom. The van der Waals surface area contributed by atoms with Crippen LogP contribution in [0.4, 0.5) is 0 Å². The Morgan fingerprint density at radius 2 is 1.22 bits per heavy atom. The summed E-state index contributed by atoms with van der Waals surface area (Å²) in [5, 5.41) is 3.48. The third kappa shape index (κ3) is 8.68. The lowest BCUT2D eigenvalue weighted by Gasteiger charge is -2.04. The van der Waals surface area contributed by atoms with Crippen LogP contribution in [0.25, 0.3) is 0 Å². The van der Waals surface area contributed by atoms with Gasteiger partial charge in [0.25, 0.3) is 11.8 Å². The highest BCUT2D eigenvalue weighted by Gasteiger charge is 2.32. The topological polar surface area (TPSA) is 122 Å². The summed E-state index contributed by atoms with van der Waals surface area (Å²) in [5.41, 5.74) is 0. The van der Waals surface area contributed by atoms with Gasteiger partial charge in [-0.25, -0.2) is 9.97 Å². The van der Waals surface area contributed by atoms with Crippen molar-refractivity contribution in [1.29, 1.82) is 0 Å². The first-order valence-electron chi connectivity index (χ1n) is 10.3. The van der Waals surface area contributed by atoms with Crippen LogP contribution in [0.5, 0.6) is 0 Å². The smallest absolute Gasteiger partial charge is 0.266 e. The van der Waals surface area contributed by atoms with Gasteiger partial charge >= 0.3 is 0 Å². The predicted molar refractivity (Wildman–Crippen MR) is 152 cm³/mol. The van der Waals surface area contributed by atoms with Gasteiger partial charge in [0, 0.05) is 18.6 Å². The number of halogens is 2. The molecule has 8 nitrogen and oxygen atoms in total. The van der Waals surface area contributed by atoms with Crippen LogP contribution in [0, 0.1) is 4.64 Å². The molecule has 0 unspecified atom stereocenters. The molecule has 0 atom stereocenters. The number of imide groups is 1. The van der Waals surface area contributed by atoms with E-state index in [9.17, 15) is 19.2 Å². The van der Waals surface area contributed by atoms with Gasteiger partial charge in [0.15, 0.2) is 11.6 Å². The van der Waals surface area contributed by atoms with Crippen molar-refractivity contribution in [3.63, 3.8) is 0 Å². The molecule has 0 bridgehead atoms. The molecule has 2 N–H and O–H groups in total. The van der Waals surface area contributed by atoms with Gasteiger partial charge in [-0.15, -0.1) is 0 Å². The number of pyridine rings is 3. The molecule has 0 saturated carbocycles. The highest BCUT2D eigenvalue weighted by molar-refractivity contribution is 9.14. The number of aromatic amines is 1. The second kappa shape index (κ2) is 14.3. The zero-order valence-electron chi connectivity index (χ0n) is 18.6. The van der Waals surface area contributed by atoms with Gasteiger partial charge in [0.05, 0.1) is 16.2 Å². The minimum Gasteiger partial charge on any atom is -0.353 e. The molecule has 4 heterocycles. The lowest BCUT2D eigenvalue weighted by Crippen LogP contribution is -2.21. The minimum atomic E-state index is -0.396. The number of H-pyrrole nitrogens is 1. The molecule has 13 heteroatoms. The van der Waals surface area contributed by atoms with E-state index in [2.05, 4.69) is 52.1 Å². The lowest BCUT2D eigenvalue weighted by molar-refractivity contribution is -0.124. The average molecular weight is 680 g/mol. The van der Waals surface area contributed by atoms with Gasteiger partial charge in [-0.05, 0) is 68.3 Å². The first kappa shape index (κ1) is 28.9. The minimum absolute atomic E-state index is 0.0651. The Morgan fingerprint density at radius 1 is 0.730 bits per heavy atom. The number of Topliss-reactive ketones (excluding diaryl/α,β-unsaturated/α-hetero) is 2. The van der Waals surface area contributed by atoms with E-state index >= 15 is 0 Å². The van der Waals surface area contributed by atoms with Gasteiger partial charge in [-0.2, -0.15) is 0 Å². The second-order valence-electron chi connectivity index (χ2n) is 6.86. The van der Waals surface area contributed by atoms with Crippen LogP contribution in [0.3, 0.4) is 0 Å². The summed E-state index contributed by atoms with van der Waals surface area (Å²) in [5.74, 6) is -1.08. The van der Waals surface area contributed by atoms with Crippen molar-refractivity contribution in [2.24, 2.45) is 0 Å². The fraction of sp³-hybridized carbons (Fsp3) is 0.0417. The molecule has 2 amide bonds. The molecule has 37 heavy (non-hydrogen) atoms. The number of nitrogens with one attached hydrogen (secondary N) is 2. The van der Waals surface area contributed by atoms with E-state index < -0.39 is 11.8 Å². The molecule has 0 spiro atoms. The molecule has 0 fully saturated rings. The van der Waals surface area contributed by atoms with E-state index in [0.717, 1.165) is 4.64 Å². The third-order valence-electron chi connectivity index (χ3n) is 4.22. The number of thioether (sulfide) groups is 2. The Kier molecular flexibility index (Phi) is 11.1. The molecule has 1 aliphatic heterocycles. The van der Waals surface area contributed by atoms with Crippen LogP contribution in [0.2, 0.25) is 0 Å². The van der Waals surface area contributed by atoms with Crippen LogP contribution in [-0.2, 0) is 19.2 Å². The Labute approximate surface area is 242 Å². The zero-order chi connectivity index (χ0) is 26.8. The Hall–Kier alpha value is -2.71. The number of aromatic nitrogens is 3. The van der Waals surface area contributed by atoms with Crippen LogP contribution in [0.15, 0.2) is 102 Å². The molecule has 0 saturated heterocycles. The van der Waals surface area contributed by atoms with Crippen molar-refractivity contribution in [1.82, 2.24) is 20.3 Å². The SMILES string of the molecule is O=C1CC(=O)C(Sc2ccccn2)=C1Sc1ccccn1.O=C1NC(=O)C(Br)=C1Br.S=c1cccc[nH]1. The van der Waals surface area contributed by atoms with Crippen molar-refractivity contribution in [2.75, 3.05) is 0 Å². The van der Waals surface area contributed by atoms with Crippen molar-refractivity contribution < 1.29 is 19.2 Å². The van der Waals surface area contributed by atoms with E-state index in [4.69, 9.17) is 12.2 Å². The van der Waals surface area contributed by atoms with Gasteiger partial charge in [-0.1, -0.05) is 53.9 Å². The van der Waals surface area contributed by atoms with Crippen LogP contribution in [-0.4, -0.2) is 38.3 Å². The van der Waals surface area contributed by atoms with Crippen LogP contribution < -0.4 is 5.32 Å². The summed E-state index contributed by atoms with van der Waals surface area (Å²) < 4.78 is 1.29. The quantitative estimate of drug-likeness (QED) is 0.209. The maximum absolute atomic E-state index is 12.0. The molecule has 0 aromatic carbocycles. The molecule has 3 aromatic rings. The van der Waals surface area contributed by atoms with E-state index in [0.29, 0.717) is 19.9 Å². The van der Waals surface area contributed by atoms with Crippen molar-refractivity contribution in [2.45, 2.75) is 16.5 Å². The fourth-order valence-corrected chi connectivity index (χ4v) is 5.26. The molecule has 0 radical (unpaired) electrons. The third-order valence-corrected chi connectivity index (χ3v) is 8.82. The van der Waals surface area contributed by atoms with Crippen molar-refractivity contribution in [3.8, 4) is 0 Å². The molecule has 188 valence electrons. The number of allylic oxidation sites excluding steroid dienone is 2. The van der Waals surface area contributed by atoms with Crippen LogP contribution >= 0.6 is 67.6 Å². The van der Waals surface area contributed by atoms with E-state index in [1.54, 1.807) is 12.4 Å². The number of rotatable bonds is 4. The zero-order valence-corrected chi connectivity index (χ0v) is 24.3. The molecule has 5 rings (SSSR count). The Balaban J connectivity index is 0.000000194. The summed E-state index contributed by atoms with van der Waals surface area (Å²) in [7, 11) is 0. The molecule has 1 aliphatic carbocycles. The summed E-state index contributed by atoms with van der Waals surface area (Å²) in [6, 6.07) is 16.6. The number of amides is 2. The standard InChI is InChI=1S/C15H10N2O2S2.C5H5NS.C4HBr2NO2/c18-10-9-11(19)15(21-13-6-2-4-8-17-13)14(10)20-12-5-1-3-7-16-12;7-5-3-1-2-4-6-5;5-1-2(6)4(9)7-3(1)8/h1-8H,9H2;1-4H,(H,6,7);(H,7,8,9). The van der Waals surface area contributed by atoms with E-state index in [1.165, 1.54) is 23.5 Å². The maximum Gasteiger partial charge on any atom is 0.266 e.